The van der Waals surface area contributed by atoms with Gasteiger partial charge in [0.1, 0.15) is 5.75 Å². The van der Waals surface area contributed by atoms with Crippen molar-refractivity contribution in [2.24, 2.45) is 17.6 Å². The molecule has 2 fully saturated rings. The Labute approximate surface area is 156 Å². The highest BCUT2D eigenvalue weighted by molar-refractivity contribution is 6.31. The van der Waals surface area contributed by atoms with Crippen LogP contribution in [0.2, 0.25) is 5.02 Å². The smallest absolute Gasteiger partial charge is 0.387 e. The SMILES string of the molecule is Cl.NC1CC2CCCC(C1)C2NC(=O)c1cc(Cl)ccc1OC(F)F. The van der Waals surface area contributed by atoms with Crippen molar-refractivity contribution in [1.82, 2.24) is 5.32 Å². The van der Waals surface area contributed by atoms with Crippen LogP contribution in [0.15, 0.2) is 18.2 Å². The van der Waals surface area contributed by atoms with Gasteiger partial charge in [-0.3, -0.25) is 4.79 Å². The number of carbonyl (C=O) groups is 1. The normalized spacial score (nSPS) is 28.2. The van der Waals surface area contributed by atoms with Crippen LogP contribution in [0.25, 0.3) is 0 Å². The molecule has 2 bridgehead atoms. The van der Waals surface area contributed by atoms with E-state index in [1.54, 1.807) is 0 Å². The average Bonchev–Trinajstić information content (AvgIpc) is 2.49. The van der Waals surface area contributed by atoms with Crippen molar-refractivity contribution >= 4 is 29.9 Å². The summed E-state index contributed by atoms with van der Waals surface area (Å²) in [5, 5.41) is 3.32. The van der Waals surface area contributed by atoms with Gasteiger partial charge in [0.05, 0.1) is 5.56 Å². The molecule has 8 heteroatoms. The quantitative estimate of drug-likeness (QED) is 0.810. The van der Waals surface area contributed by atoms with Gasteiger partial charge >= 0.3 is 6.61 Å². The predicted octanol–water partition coefficient (Wildman–Crippen LogP) is 4.00. The molecule has 0 saturated heterocycles. The lowest BCUT2D eigenvalue weighted by atomic mass is 9.67. The van der Waals surface area contributed by atoms with Crippen LogP contribution in [0.4, 0.5) is 8.78 Å². The van der Waals surface area contributed by atoms with E-state index in [1.807, 2.05) is 0 Å². The first-order valence-electron chi connectivity index (χ1n) is 8.25. The minimum Gasteiger partial charge on any atom is -0.434 e. The van der Waals surface area contributed by atoms with Gasteiger partial charge in [-0.2, -0.15) is 8.78 Å². The molecule has 3 N–H and O–H groups in total. The monoisotopic (exact) mass is 394 g/mol. The number of hydrogen-bond donors (Lipinski definition) is 2. The van der Waals surface area contributed by atoms with E-state index < -0.39 is 12.5 Å². The Morgan fingerprint density at radius 1 is 1.28 bits per heavy atom. The third-order valence-electron chi connectivity index (χ3n) is 5.08. The van der Waals surface area contributed by atoms with E-state index in [1.165, 1.54) is 18.2 Å². The van der Waals surface area contributed by atoms with Gasteiger partial charge in [-0.1, -0.05) is 18.0 Å². The lowest BCUT2D eigenvalue weighted by Crippen LogP contribution is -2.53. The van der Waals surface area contributed by atoms with E-state index in [4.69, 9.17) is 17.3 Å². The summed E-state index contributed by atoms with van der Waals surface area (Å²) >= 11 is 5.92. The van der Waals surface area contributed by atoms with E-state index in [-0.39, 0.29) is 35.8 Å². The van der Waals surface area contributed by atoms with Crippen molar-refractivity contribution in [3.05, 3.63) is 28.8 Å². The van der Waals surface area contributed by atoms with Crippen LogP contribution in [0.1, 0.15) is 42.5 Å². The number of nitrogens with two attached hydrogens (primary N) is 1. The molecule has 1 amide bonds. The zero-order valence-electron chi connectivity index (χ0n) is 13.6. The number of benzene rings is 1. The zero-order valence-corrected chi connectivity index (χ0v) is 15.2. The van der Waals surface area contributed by atoms with Gasteiger partial charge in [0.15, 0.2) is 0 Å². The van der Waals surface area contributed by atoms with Crippen molar-refractivity contribution < 1.29 is 18.3 Å². The lowest BCUT2D eigenvalue weighted by molar-refractivity contribution is -0.0502. The fraction of sp³-hybridized carbons (Fsp3) is 0.588. The van der Waals surface area contributed by atoms with Crippen molar-refractivity contribution in [2.75, 3.05) is 0 Å². The second kappa shape index (κ2) is 8.52. The summed E-state index contributed by atoms with van der Waals surface area (Å²) < 4.78 is 29.6. The Balaban J connectivity index is 0.00000225. The summed E-state index contributed by atoms with van der Waals surface area (Å²) in [5.74, 6) is 0.0975. The van der Waals surface area contributed by atoms with Crippen molar-refractivity contribution in [3.8, 4) is 5.75 Å². The lowest BCUT2D eigenvalue weighted by Gasteiger charge is -2.45. The Morgan fingerprint density at radius 3 is 2.52 bits per heavy atom. The highest BCUT2D eigenvalue weighted by Crippen LogP contribution is 2.40. The minimum atomic E-state index is -3.00. The van der Waals surface area contributed by atoms with Crippen LogP contribution in [-0.4, -0.2) is 24.6 Å². The summed E-state index contributed by atoms with van der Waals surface area (Å²) in [5.41, 5.74) is 6.13. The van der Waals surface area contributed by atoms with E-state index in [0.29, 0.717) is 16.9 Å². The number of fused-ring (bicyclic) bond motifs is 2. The molecule has 0 radical (unpaired) electrons. The number of ether oxygens (including phenoxy) is 1. The fourth-order valence-electron chi connectivity index (χ4n) is 4.13. The number of carbonyl (C=O) groups excluding carboxylic acids is 1. The van der Waals surface area contributed by atoms with Crippen molar-refractivity contribution in [2.45, 2.75) is 50.8 Å². The zero-order chi connectivity index (χ0) is 17.3. The number of halogens is 4. The van der Waals surface area contributed by atoms with Gasteiger partial charge in [0.2, 0.25) is 0 Å². The highest BCUT2D eigenvalue weighted by atomic mass is 35.5. The van der Waals surface area contributed by atoms with Gasteiger partial charge in [-0.15, -0.1) is 12.4 Å². The maximum absolute atomic E-state index is 12.7. The summed E-state index contributed by atoms with van der Waals surface area (Å²) in [4.78, 5) is 12.7. The molecule has 0 aromatic heterocycles. The summed E-state index contributed by atoms with van der Waals surface area (Å²) in [7, 11) is 0. The maximum atomic E-state index is 12.7. The van der Waals surface area contributed by atoms with Gasteiger partial charge in [-0.05, 0) is 55.7 Å². The van der Waals surface area contributed by atoms with Crippen LogP contribution in [0.3, 0.4) is 0 Å². The molecule has 2 atom stereocenters. The third-order valence-corrected chi connectivity index (χ3v) is 5.31. The van der Waals surface area contributed by atoms with Crippen molar-refractivity contribution in [3.63, 3.8) is 0 Å². The van der Waals surface area contributed by atoms with E-state index in [9.17, 15) is 13.6 Å². The molecule has 1 aromatic rings. The third kappa shape index (κ3) is 4.74. The molecule has 0 spiro atoms. The van der Waals surface area contributed by atoms with Crippen LogP contribution < -0.4 is 15.8 Å². The molecule has 2 aliphatic rings. The Hall–Kier alpha value is -1.11. The van der Waals surface area contributed by atoms with Gasteiger partial charge in [-0.25, -0.2) is 0 Å². The second-order valence-electron chi connectivity index (χ2n) is 6.70. The molecule has 2 unspecified atom stereocenters. The molecule has 1 aromatic carbocycles. The number of rotatable bonds is 4. The summed E-state index contributed by atoms with van der Waals surface area (Å²) in [6.07, 6.45) is 4.98. The van der Waals surface area contributed by atoms with Gasteiger partial charge < -0.3 is 15.8 Å². The summed E-state index contributed by atoms with van der Waals surface area (Å²) in [6, 6.07) is 4.28. The minimum absolute atomic E-state index is 0. The number of hydrogen-bond acceptors (Lipinski definition) is 3. The molecule has 2 saturated carbocycles. The van der Waals surface area contributed by atoms with Gasteiger partial charge in [0, 0.05) is 17.1 Å². The molecule has 0 aliphatic heterocycles. The molecule has 3 rings (SSSR count). The molecular formula is C17H22Cl2F2N2O2. The maximum Gasteiger partial charge on any atom is 0.387 e. The van der Waals surface area contributed by atoms with Crippen LogP contribution in [0.5, 0.6) is 5.75 Å². The summed E-state index contributed by atoms with van der Waals surface area (Å²) in [6.45, 7) is -3.00. The average molecular weight is 395 g/mol. The second-order valence-corrected chi connectivity index (χ2v) is 7.14. The predicted molar refractivity (Wildman–Crippen MR) is 94.6 cm³/mol. The van der Waals surface area contributed by atoms with Gasteiger partial charge in [0.25, 0.3) is 5.91 Å². The first-order valence-corrected chi connectivity index (χ1v) is 8.62. The molecular weight excluding hydrogens is 373 g/mol. The van der Waals surface area contributed by atoms with Crippen LogP contribution >= 0.6 is 24.0 Å². The fourth-order valence-corrected chi connectivity index (χ4v) is 4.30. The Morgan fingerprint density at radius 2 is 1.92 bits per heavy atom. The van der Waals surface area contributed by atoms with Crippen LogP contribution in [0, 0.1) is 11.8 Å². The van der Waals surface area contributed by atoms with E-state index in [0.717, 1.165) is 32.1 Å². The van der Waals surface area contributed by atoms with Crippen LogP contribution in [-0.2, 0) is 0 Å². The standard InChI is InChI=1S/C17H21ClF2N2O2.ClH/c18-11-4-5-14(24-17(19)20)13(8-11)16(23)22-15-9-2-1-3-10(15)7-12(21)6-9;/h4-5,8-10,12,15,17H,1-3,6-7,21H2,(H,22,23);1H. The largest absolute Gasteiger partial charge is 0.434 e. The molecule has 4 nitrogen and oxygen atoms in total. The number of amides is 1. The van der Waals surface area contributed by atoms with E-state index in [2.05, 4.69) is 10.1 Å². The molecule has 2 aliphatic carbocycles. The van der Waals surface area contributed by atoms with E-state index >= 15 is 0 Å². The van der Waals surface area contributed by atoms with Crippen molar-refractivity contribution in [1.29, 1.82) is 0 Å². The topological polar surface area (TPSA) is 64.3 Å². The first kappa shape index (κ1) is 20.2. The number of nitrogens with one attached hydrogen (secondary N) is 1. The Kier molecular flexibility index (Phi) is 6.88. The number of alkyl halides is 2. The first-order chi connectivity index (χ1) is 11.4. The molecule has 25 heavy (non-hydrogen) atoms. The Bertz CT molecular complexity index is 604. The molecule has 0 heterocycles. The molecule has 140 valence electrons. The highest BCUT2D eigenvalue weighted by Gasteiger charge is 2.40.